The van der Waals surface area contributed by atoms with Crippen molar-refractivity contribution in [2.45, 2.75) is 30.7 Å². The van der Waals surface area contributed by atoms with Gasteiger partial charge >= 0.3 is 0 Å². The van der Waals surface area contributed by atoms with Crippen molar-refractivity contribution < 1.29 is 8.42 Å². The summed E-state index contributed by atoms with van der Waals surface area (Å²) in [5, 5.41) is 2.01. The van der Waals surface area contributed by atoms with E-state index in [9.17, 15) is 8.42 Å². The Morgan fingerprint density at radius 2 is 1.70 bits per heavy atom. The summed E-state index contributed by atoms with van der Waals surface area (Å²) in [6.45, 7) is 3.11. The lowest BCUT2D eigenvalue weighted by atomic mass is 9.92. The fourth-order valence-corrected chi connectivity index (χ4v) is 4.62. The summed E-state index contributed by atoms with van der Waals surface area (Å²) in [7, 11) is -3.41. The Kier molecular flexibility index (Phi) is 5.68. The maximum absolute atomic E-state index is 12.8. The zero-order valence-electron chi connectivity index (χ0n) is 13.2. The van der Waals surface area contributed by atoms with Gasteiger partial charge in [0.25, 0.3) is 0 Å². The van der Waals surface area contributed by atoms with Crippen molar-refractivity contribution in [1.82, 2.24) is 4.31 Å². The normalized spacial score (nSPS) is 18.5. The molecule has 23 heavy (non-hydrogen) atoms. The molecule has 0 aromatic heterocycles. The van der Waals surface area contributed by atoms with Gasteiger partial charge < -0.3 is 5.73 Å². The molecule has 4 nitrogen and oxygen atoms in total. The molecule has 2 N–H and O–H groups in total. The Morgan fingerprint density at radius 1 is 1.09 bits per heavy atom. The molecule has 0 bridgehead atoms. The first-order valence-corrected chi connectivity index (χ1v) is 9.17. The summed E-state index contributed by atoms with van der Waals surface area (Å²) in [5.41, 5.74) is 5.93. The van der Waals surface area contributed by atoms with E-state index in [1.165, 1.54) is 0 Å². The van der Waals surface area contributed by atoms with Gasteiger partial charge in [-0.3, -0.25) is 0 Å². The zero-order valence-corrected chi connectivity index (χ0v) is 14.8. The highest BCUT2D eigenvalue weighted by Gasteiger charge is 2.30. The van der Waals surface area contributed by atoms with Gasteiger partial charge in [-0.05, 0) is 48.6 Å². The van der Waals surface area contributed by atoms with Gasteiger partial charge in [0.15, 0.2) is 0 Å². The van der Waals surface area contributed by atoms with Gasteiger partial charge in [0.05, 0.1) is 4.90 Å². The van der Waals surface area contributed by atoms with Gasteiger partial charge in [-0.25, -0.2) is 8.42 Å². The van der Waals surface area contributed by atoms with E-state index in [4.69, 9.17) is 5.73 Å². The molecule has 1 heterocycles. The molecule has 0 spiro atoms. The van der Waals surface area contributed by atoms with E-state index < -0.39 is 10.0 Å². The minimum atomic E-state index is -3.41. The molecule has 1 saturated heterocycles. The summed E-state index contributed by atoms with van der Waals surface area (Å²) in [6.07, 6.45) is 1.68. The molecule has 0 amide bonds. The minimum absolute atomic E-state index is 0. The fraction of sp³-hybridized carbons (Fsp3) is 0.412. The van der Waals surface area contributed by atoms with Crippen LogP contribution in [0.15, 0.2) is 47.4 Å². The minimum Gasteiger partial charge on any atom is -0.328 e. The fourth-order valence-electron chi connectivity index (χ4n) is 3.12. The molecule has 1 aliphatic heterocycles. The molecule has 2 aromatic carbocycles. The summed E-state index contributed by atoms with van der Waals surface area (Å²) in [4.78, 5) is 0.380. The SMILES string of the molecule is CC(N)C1CCN(S(=O)(=O)c2ccc3ccccc3c2)CC1.Cl. The molecule has 1 fully saturated rings. The lowest BCUT2D eigenvalue weighted by molar-refractivity contribution is 0.251. The Balaban J connectivity index is 0.00000192. The third-order valence-corrected chi connectivity index (χ3v) is 6.50. The lowest BCUT2D eigenvalue weighted by Crippen LogP contribution is -2.42. The van der Waals surface area contributed by atoms with Gasteiger partial charge in [-0.2, -0.15) is 4.31 Å². The van der Waals surface area contributed by atoms with Gasteiger partial charge in [-0.1, -0.05) is 30.3 Å². The van der Waals surface area contributed by atoms with E-state index in [0.717, 1.165) is 23.6 Å². The number of rotatable bonds is 3. The standard InChI is InChI=1S/C17H22N2O2S.ClH/c1-13(18)14-8-10-19(11-9-14)22(20,21)17-7-6-15-4-2-3-5-16(15)12-17;/h2-7,12-14H,8-11,18H2,1H3;1H. The molecular formula is C17H23ClN2O2S. The first-order chi connectivity index (χ1) is 10.5. The van der Waals surface area contributed by atoms with Crippen molar-refractivity contribution in [2.24, 2.45) is 11.7 Å². The summed E-state index contributed by atoms with van der Waals surface area (Å²) >= 11 is 0. The van der Waals surface area contributed by atoms with E-state index in [1.54, 1.807) is 16.4 Å². The Morgan fingerprint density at radius 3 is 2.30 bits per heavy atom. The Hall–Kier alpha value is -1.14. The molecule has 3 rings (SSSR count). The third kappa shape index (κ3) is 3.69. The van der Waals surface area contributed by atoms with E-state index in [1.807, 2.05) is 37.3 Å². The van der Waals surface area contributed by atoms with Crippen LogP contribution >= 0.6 is 12.4 Å². The average molecular weight is 355 g/mol. The average Bonchev–Trinajstić information content (AvgIpc) is 2.54. The number of fused-ring (bicyclic) bond motifs is 1. The number of benzene rings is 2. The van der Waals surface area contributed by atoms with E-state index in [-0.39, 0.29) is 18.4 Å². The molecule has 6 heteroatoms. The van der Waals surface area contributed by atoms with Crippen molar-refractivity contribution in [2.75, 3.05) is 13.1 Å². The largest absolute Gasteiger partial charge is 0.328 e. The molecule has 1 unspecified atom stereocenters. The number of halogens is 1. The van der Waals surface area contributed by atoms with Gasteiger partial charge in [-0.15, -0.1) is 12.4 Å². The molecule has 126 valence electrons. The van der Waals surface area contributed by atoms with Crippen LogP contribution in [-0.2, 0) is 10.0 Å². The quantitative estimate of drug-likeness (QED) is 0.921. The zero-order chi connectivity index (χ0) is 15.7. The van der Waals surface area contributed by atoms with Crippen molar-refractivity contribution in [1.29, 1.82) is 0 Å². The molecule has 2 aromatic rings. The van der Waals surface area contributed by atoms with Crippen molar-refractivity contribution in [3.63, 3.8) is 0 Å². The van der Waals surface area contributed by atoms with Crippen LogP contribution in [0.1, 0.15) is 19.8 Å². The number of hydrogen-bond acceptors (Lipinski definition) is 3. The second-order valence-electron chi connectivity index (χ2n) is 6.11. The van der Waals surface area contributed by atoms with Crippen molar-refractivity contribution in [3.05, 3.63) is 42.5 Å². The molecule has 1 aliphatic rings. The number of piperidine rings is 1. The predicted octanol–water partition coefficient (Wildman–Crippen LogP) is 3.01. The predicted molar refractivity (Wildman–Crippen MR) is 96.3 cm³/mol. The van der Waals surface area contributed by atoms with Gasteiger partial charge in [0.2, 0.25) is 10.0 Å². The maximum atomic E-state index is 12.8. The number of nitrogens with two attached hydrogens (primary N) is 1. The van der Waals surface area contributed by atoms with Crippen LogP contribution in [-0.4, -0.2) is 31.9 Å². The summed E-state index contributed by atoms with van der Waals surface area (Å²) in [5.74, 6) is 0.419. The molecule has 0 aliphatic carbocycles. The van der Waals surface area contributed by atoms with Crippen LogP contribution in [0.2, 0.25) is 0 Å². The van der Waals surface area contributed by atoms with Gasteiger partial charge in [0.1, 0.15) is 0 Å². The van der Waals surface area contributed by atoms with Crippen LogP contribution in [0.25, 0.3) is 10.8 Å². The smallest absolute Gasteiger partial charge is 0.243 e. The number of hydrogen-bond donors (Lipinski definition) is 1. The number of sulfonamides is 1. The third-order valence-electron chi connectivity index (χ3n) is 4.60. The highest BCUT2D eigenvalue weighted by atomic mass is 35.5. The van der Waals surface area contributed by atoms with Crippen molar-refractivity contribution in [3.8, 4) is 0 Å². The lowest BCUT2D eigenvalue weighted by Gasteiger charge is -2.33. The van der Waals surface area contributed by atoms with Crippen LogP contribution in [0.4, 0.5) is 0 Å². The maximum Gasteiger partial charge on any atom is 0.243 e. The summed E-state index contributed by atoms with van der Waals surface area (Å²) in [6, 6.07) is 13.3. The molecular weight excluding hydrogens is 332 g/mol. The second kappa shape index (κ2) is 7.18. The number of nitrogens with zero attached hydrogens (tertiary/aromatic N) is 1. The highest BCUT2D eigenvalue weighted by Crippen LogP contribution is 2.27. The van der Waals surface area contributed by atoms with Gasteiger partial charge in [0, 0.05) is 19.1 Å². The monoisotopic (exact) mass is 354 g/mol. The Labute approximate surface area is 144 Å². The van der Waals surface area contributed by atoms with Crippen LogP contribution in [0.5, 0.6) is 0 Å². The van der Waals surface area contributed by atoms with Crippen LogP contribution in [0, 0.1) is 5.92 Å². The Bertz CT molecular complexity index is 769. The first kappa shape index (κ1) is 18.2. The first-order valence-electron chi connectivity index (χ1n) is 7.73. The topological polar surface area (TPSA) is 63.4 Å². The molecule has 0 radical (unpaired) electrons. The van der Waals surface area contributed by atoms with Crippen molar-refractivity contribution >= 4 is 33.2 Å². The van der Waals surface area contributed by atoms with Crippen LogP contribution in [0.3, 0.4) is 0 Å². The molecule has 0 saturated carbocycles. The van der Waals surface area contributed by atoms with E-state index in [2.05, 4.69) is 0 Å². The molecule has 1 atom stereocenters. The summed E-state index contributed by atoms with van der Waals surface area (Å²) < 4.78 is 27.2. The van der Waals surface area contributed by atoms with E-state index >= 15 is 0 Å². The van der Waals surface area contributed by atoms with Crippen LogP contribution < -0.4 is 5.73 Å². The highest BCUT2D eigenvalue weighted by molar-refractivity contribution is 7.89. The second-order valence-corrected chi connectivity index (χ2v) is 8.05. The van der Waals surface area contributed by atoms with E-state index in [0.29, 0.717) is 23.9 Å².